The summed E-state index contributed by atoms with van der Waals surface area (Å²) in [5, 5.41) is 0. The van der Waals surface area contributed by atoms with E-state index in [0.29, 0.717) is 12.2 Å². The van der Waals surface area contributed by atoms with Crippen LogP contribution in [0.5, 0.6) is 0 Å². The van der Waals surface area contributed by atoms with Crippen molar-refractivity contribution in [2.45, 2.75) is 128 Å². The quantitative estimate of drug-likeness (QED) is 0.117. The van der Waals surface area contributed by atoms with E-state index in [0.717, 1.165) is 49.6 Å². The molecule has 0 atom stereocenters. The Kier molecular flexibility index (Phi) is 17.8. The Labute approximate surface area is 260 Å². The third-order valence-electron chi connectivity index (χ3n) is 8.40. The fourth-order valence-corrected chi connectivity index (χ4v) is 8.11. The van der Waals surface area contributed by atoms with E-state index in [9.17, 15) is 4.79 Å². The second kappa shape index (κ2) is 20.4. The predicted octanol–water partition coefficient (Wildman–Crippen LogP) is 10.2. The minimum Gasteiger partial charge on any atom is -0.398 e. The molecule has 1 aliphatic rings. The van der Waals surface area contributed by atoms with Gasteiger partial charge in [-0.25, -0.2) is 0 Å². The lowest BCUT2D eigenvalue weighted by Crippen LogP contribution is -2.36. The molecule has 2 aromatic rings. The lowest BCUT2D eigenvalue weighted by Gasteiger charge is -2.24. The first-order valence-corrected chi connectivity index (χ1v) is 22.8. The molecule has 0 saturated carbocycles. The topological polar surface area (TPSA) is 44.8 Å². The third-order valence-corrected chi connectivity index (χ3v) is 13.1. The van der Waals surface area contributed by atoms with Crippen LogP contribution in [-0.2, 0) is 33.0 Å². The molecule has 0 amide bonds. The van der Waals surface area contributed by atoms with E-state index in [1.54, 1.807) is 14.2 Å². The normalized spacial score (nSPS) is 13.4. The summed E-state index contributed by atoms with van der Waals surface area (Å²) in [5.41, 5.74) is 4.63. The van der Waals surface area contributed by atoms with Crippen LogP contribution in [0.25, 0.3) is 0 Å². The average Bonchev–Trinajstić information content (AvgIpc) is 2.98. The van der Waals surface area contributed by atoms with Crippen LogP contribution < -0.4 is 0 Å². The van der Waals surface area contributed by atoms with Gasteiger partial charge in [-0.15, -0.1) is 0 Å². The van der Waals surface area contributed by atoms with Crippen molar-refractivity contribution in [3.63, 3.8) is 0 Å². The van der Waals surface area contributed by atoms with E-state index in [4.69, 9.17) is 13.6 Å². The van der Waals surface area contributed by atoms with E-state index < -0.39 is 16.6 Å². The van der Waals surface area contributed by atoms with Crippen molar-refractivity contribution in [2.75, 3.05) is 20.8 Å². The number of ketones is 1. The van der Waals surface area contributed by atoms with Gasteiger partial charge >= 0.3 is 8.56 Å². The summed E-state index contributed by atoms with van der Waals surface area (Å²) < 4.78 is 16.7. The number of aryl methyl sites for hydroxylation is 2. The van der Waals surface area contributed by atoms with E-state index in [-0.39, 0.29) is 0 Å². The smallest absolute Gasteiger partial charge is 0.334 e. The molecule has 3 rings (SSSR count). The van der Waals surface area contributed by atoms with Crippen LogP contribution in [0.2, 0.25) is 38.3 Å². The number of carbonyl (C=O) groups excluding carboxylic acids is 1. The first kappa shape index (κ1) is 36.6. The van der Waals surface area contributed by atoms with Crippen molar-refractivity contribution < 1.29 is 18.4 Å². The molecule has 6 heteroatoms. The number of unbranched alkanes of at least 4 members (excludes halogenated alkanes) is 8. The molecule has 0 N–H and O–H groups in total. The van der Waals surface area contributed by atoms with Crippen molar-refractivity contribution in [1.29, 1.82) is 0 Å². The Bertz CT molecular complexity index is 999. The lowest BCUT2D eigenvalue weighted by atomic mass is 9.86. The van der Waals surface area contributed by atoms with Gasteiger partial charge in [0.15, 0.2) is 5.78 Å². The highest BCUT2D eigenvalue weighted by atomic mass is 28.4. The van der Waals surface area contributed by atoms with Crippen LogP contribution in [0.1, 0.15) is 97.7 Å². The molecule has 236 valence electrons. The summed E-state index contributed by atoms with van der Waals surface area (Å²) in [6, 6.07) is 19.1. The lowest BCUT2D eigenvalue weighted by molar-refractivity contribution is 0.0971. The highest BCUT2D eigenvalue weighted by Crippen LogP contribution is 2.27. The summed E-state index contributed by atoms with van der Waals surface area (Å²) in [4.78, 5) is 12.1. The number of benzene rings is 2. The molecular formula is C36H60O4Si2. The minimum absolute atomic E-state index is 0.301. The fraction of sp³-hybridized carbons (Fsp3) is 0.639. The zero-order valence-corrected chi connectivity index (χ0v) is 29.8. The second-order valence-electron chi connectivity index (χ2n) is 13.3. The van der Waals surface area contributed by atoms with Gasteiger partial charge in [0.25, 0.3) is 0 Å². The van der Waals surface area contributed by atoms with Crippen LogP contribution in [0.3, 0.4) is 0 Å². The van der Waals surface area contributed by atoms with Crippen LogP contribution in [0, 0.1) is 0 Å². The summed E-state index contributed by atoms with van der Waals surface area (Å²) in [6.45, 7) is 11.2. The third kappa shape index (κ3) is 15.2. The number of rotatable bonds is 19. The highest BCUT2D eigenvalue weighted by molar-refractivity contribution is 6.76. The second-order valence-corrected chi connectivity index (χ2v) is 22.5. The largest absolute Gasteiger partial charge is 0.398 e. The van der Waals surface area contributed by atoms with Gasteiger partial charge in [0.05, 0.1) is 6.61 Å². The molecule has 0 aliphatic heterocycles. The molecule has 0 bridgehead atoms. The van der Waals surface area contributed by atoms with Gasteiger partial charge in [-0.2, -0.15) is 0 Å². The van der Waals surface area contributed by atoms with Gasteiger partial charge in [-0.3, -0.25) is 4.79 Å². The van der Waals surface area contributed by atoms with Crippen LogP contribution in [0.4, 0.5) is 0 Å². The molecule has 0 spiro atoms. The summed E-state index contributed by atoms with van der Waals surface area (Å²) >= 11 is 0. The first-order valence-electron chi connectivity index (χ1n) is 16.5. The van der Waals surface area contributed by atoms with E-state index in [1.807, 2.05) is 0 Å². The maximum Gasteiger partial charge on any atom is 0.334 e. The van der Waals surface area contributed by atoms with Crippen molar-refractivity contribution in [1.82, 2.24) is 0 Å². The molecule has 42 heavy (non-hydrogen) atoms. The monoisotopic (exact) mass is 612 g/mol. The van der Waals surface area contributed by atoms with Crippen molar-refractivity contribution in [3.8, 4) is 0 Å². The molecule has 0 radical (unpaired) electrons. The van der Waals surface area contributed by atoms with E-state index >= 15 is 0 Å². The maximum atomic E-state index is 12.1. The Hall–Kier alpha value is -1.58. The summed E-state index contributed by atoms with van der Waals surface area (Å²) in [6.07, 6.45) is 16.1. The van der Waals surface area contributed by atoms with Crippen LogP contribution >= 0.6 is 0 Å². The van der Waals surface area contributed by atoms with Gasteiger partial charge in [0.1, 0.15) is 0 Å². The van der Waals surface area contributed by atoms with Crippen molar-refractivity contribution >= 4 is 22.4 Å². The molecule has 0 fully saturated rings. The number of Topliss-reactive ketones (excluding diaryl/α,β-unsaturated/α-hetero) is 1. The maximum absolute atomic E-state index is 12.1. The average molecular weight is 613 g/mol. The van der Waals surface area contributed by atoms with Crippen LogP contribution in [0.15, 0.2) is 48.5 Å². The zero-order valence-electron chi connectivity index (χ0n) is 27.8. The van der Waals surface area contributed by atoms with Gasteiger partial charge in [-0.1, -0.05) is 126 Å². The standard InChI is InChI=1S/C21H38OSi.C15H22O3Si/c1-23(2,3)19-15-10-8-6-4-5-7-9-14-18-22-20-21-16-12-11-13-17-21;1-17-19(3,18-2)11-10-13-7-4-6-12-8-5-9-14(16)15(12)13/h11-13,16-17H,4-10,14-15,18-20H2,1-3H3;4,6-7H,5,8-11H2,1-3H3. The van der Waals surface area contributed by atoms with Gasteiger partial charge in [0.2, 0.25) is 0 Å². The van der Waals surface area contributed by atoms with E-state index in [1.165, 1.54) is 75.0 Å². The molecule has 1 aliphatic carbocycles. The van der Waals surface area contributed by atoms with Gasteiger partial charge in [-0.05, 0) is 55.0 Å². The predicted molar refractivity (Wildman–Crippen MR) is 184 cm³/mol. The highest BCUT2D eigenvalue weighted by Gasteiger charge is 2.29. The Morgan fingerprint density at radius 1 is 0.690 bits per heavy atom. The zero-order chi connectivity index (χ0) is 30.7. The van der Waals surface area contributed by atoms with Gasteiger partial charge in [0, 0.05) is 40.9 Å². The first-order chi connectivity index (χ1) is 20.2. The molecule has 0 saturated heterocycles. The SMILES string of the molecule is CO[Si](C)(CCc1cccc2c1C(=O)CCC2)OC.C[Si](C)(C)CCCCCCCCCCCOCc1ccccc1. The molecule has 0 unspecified atom stereocenters. The molecule has 4 nitrogen and oxygen atoms in total. The summed E-state index contributed by atoms with van der Waals surface area (Å²) in [7, 11) is 0.572. The van der Waals surface area contributed by atoms with Crippen molar-refractivity contribution in [2.24, 2.45) is 0 Å². The Morgan fingerprint density at radius 3 is 1.93 bits per heavy atom. The Balaban J connectivity index is 0.000000298. The molecule has 0 aromatic heterocycles. The van der Waals surface area contributed by atoms with Gasteiger partial charge < -0.3 is 13.6 Å². The van der Waals surface area contributed by atoms with Crippen molar-refractivity contribution in [3.05, 3.63) is 70.8 Å². The Morgan fingerprint density at radius 2 is 1.31 bits per heavy atom. The van der Waals surface area contributed by atoms with E-state index in [2.05, 4.69) is 74.7 Å². The minimum atomic E-state index is -2.06. The van der Waals surface area contributed by atoms with Crippen LogP contribution in [-0.4, -0.2) is 43.2 Å². The summed E-state index contributed by atoms with van der Waals surface area (Å²) in [5.74, 6) is 0.301. The molecular weight excluding hydrogens is 553 g/mol. The number of fused-ring (bicyclic) bond motifs is 1. The number of hydrogen-bond donors (Lipinski definition) is 0. The molecule has 0 heterocycles. The number of hydrogen-bond acceptors (Lipinski definition) is 4. The number of ether oxygens (including phenoxy) is 1. The molecule has 2 aromatic carbocycles. The number of carbonyl (C=O) groups is 1. The fourth-order valence-electron chi connectivity index (χ4n) is 5.50.